The van der Waals surface area contributed by atoms with Crippen molar-refractivity contribution in [1.29, 1.82) is 0 Å². The van der Waals surface area contributed by atoms with Gasteiger partial charge >= 0.3 is 6.09 Å². The summed E-state index contributed by atoms with van der Waals surface area (Å²) in [5, 5.41) is 3.18. The Labute approximate surface area is 159 Å². The summed E-state index contributed by atoms with van der Waals surface area (Å²) in [5.74, 6) is 1.73. The molecule has 0 saturated carbocycles. The average Bonchev–Trinajstić information content (AvgIpc) is 2.85. The standard InChI is InChI=1S/C15H25N5O3.HI/c1-4-22-15(21)20-7-5-12(6-8-20)19-14(16)17-9-13-18-10(2)11(3)23-13;/h12H,4-9H2,1-3H3,(H3,16,17,19);1H. The highest BCUT2D eigenvalue weighted by Crippen LogP contribution is 2.12. The number of nitrogens with two attached hydrogens (primary N) is 1. The maximum atomic E-state index is 11.6. The molecular weight excluding hydrogens is 425 g/mol. The van der Waals surface area contributed by atoms with E-state index in [4.69, 9.17) is 14.9 Å². The molecular formula is C15H26IN5O3. The first-order valence-electron chi connectivity index (χ1n) is 7.90. The molecule has 0 atom stereocenters. The van der Waals surface area contributed by atoms with Gasteiger partial charge in [-0.05, 0) is 33.6 Å². The molecule has 1 aliphatic heterocycles. The van der Waals surface area contributed by atoms with E-state index in [2.05, 4.69) is 15.3 Å². The van der Waals surface area contributed by atoms with Crippen LogP contribution in [0.2, 0.25) is 0 Å². The van der Waals surface area contributed by atoms with E-state index in [0.717, 1.165) is 24.3 Å². The molecule has 0 unspecified atom stereocenters. The minimum atomic E-state index is -0.248. The number of rotatable bonds is 4. The number of oxazole rings is 1. The summed E-state index contributed by atoms with van der Waals surface area (Å²) in [7, 11) is 0. The number of aryl methyl sites for hydroxylation is 2. The van der Waals surface area contributed by atoms with Gasteiger partial charge in [0.1, 0.15) is 12.3 Å². The van der Waals surface area contributed by atoms with E-state index in [1.165, 1.54) is 0 Å². The molecule has 0 aromatic carbocycles. The van der Waals surface area contributed by atoms with Gasteiger partial charge in [-0.15, -0.1) is 24.0 Å². The van der Waals surface area contributed by atoms with Gasteiger partial charge in [-0.25, -0.2) is 14.8 Å². The van der Waals surface area contributed by atoms with E-state index in [1.807, 2.05) is 13.8 Å². The SMILES string of the molecule is CCOC(=O)N1CCC(NC(N)=NCc2nc(C)c(C)o2)CC1.I. The molecule has 9 heteroatoms. The minimum absolute atomic E-state index is 0. The molecule has 0 aliphatic carbocycles. The smallest absolute Gasteiger partial charge is 0.409 e. The van der Waals surface area contributed by atoms with Crippen molar-refractivity contribution in [2.24, 2.45) is 10.7 Å². The number of amides is 1. The molecule has 1 aromatic heterocycles. The fourth-order valence-corrected chi connectivity index (χ4v) is 2.44. The molecule has 24 heavy (non-hydrogen) atoms. The van der Waals surface area contributed by atoms with Gasteiger partial charge in [0.2, 0.25) is 5.89 Å². The first kappa shape index (κ1) is 20.5. The Morgan fingerprint density at radius 3 is 2.67 bits per heavy atom. The molecule has 1 amide bonds. The monoisotopic (exact) mass is 451 g/mol. The van der Waals surface area contributed by atoms with E-state index >= 15 is 0 Å². The molecule has 0 bridgehead atoms. The maximum absolute atomic E-state index is 11.6. The van der Waals surface area contributed by atoms with Gasteiger partial charge < -0.3 is 25.1 Å². The highest BCUT2D eigenvalue weighted by molar-refractivity contribution is 14.0. The third kappa shape index (κ3) is 5.84. The fraction of sp³-hybridized carbons (Fsp3) is 0.667. The second kappa shape index (κ2) is 9.70. The molecule has 1 aliphatic rings. The third-order valence-electron chi connectivity index (χ3n) is 3.83. The Bertz CT molecular complexity index is 548. The van der Waals surface area contributed by atoms with Crippen LogP contribution in [-0.4, -0.2) is 47.7 Å². The fourth-order valence-electron chi connectivity index (χ4n) is 2.44. The molecule has 136 valence electrons. The van der Waals surface area contributed by atoms with Crippen molar-refractivity contribution in [3.63, 3.8) is 0 Å². The van der Waals surface area contributed by atoms with Gasteiger partial charge in [0.05, 0.1) is 12.3 Å². The van der Waals surface area contributed by atoms with Crippen LogP contribution in [-0.2, 0) is 11.3 Å². The predicted molar refractivity (Wildman–Crippen MR) is 101 cm³/mol. The predicted octanol–water partition coefficient (Wildman–Crippen LogP) is 1.93. The van der Waals surface area contributed by atoms with Crippen LogP contribution in [0, 0.1) is 13.8 Å². The lowest BCUT2D eigenvalue weighted by molar-refractivity contribution is 0.0963. The molecule has 3 N–H and O–H groups in total. The van der Waals surface area contributed by atoms with Crippen LogP contribution in [0.15, 0.2) is 9.41 Å². The van der Waals surface area contributed by atoms with Gasteiger partial charge in [0, 0.05) is 19.1 Å². The number of likely N-dealkylation sites (tertiary alicyclic amines) is 1. The number of nitrogens with zero attached hydrogens (tertiary/aromatic N) is 3. The quantitative estimate of drug-likeness (QED) is 0.412. The molecule has 2 heterocycles. The molecule has 2 rings (SSSR count). The lowest BCUT2D eigenvalue weighted by Gasteiger charge is -2.31. The topological polar surface area (TPSA) is 106 Å². The molecule has 1 fully saturated rings. The highest BCUT2D eigenvalue weighted by atomic mass is 127. The van der Waals surface area contributed by atoms with E-state index in [1.54, 1.807) is 11.8 Å². The Hall–Kier alpha value is -1.52. The van der Waals surface area contributed by atoms with Crippen molar-refractivity contribution in [2.75, 3.05) is 19.7 Å². The molecule has 1 aromatic rings. The lowest BCUT2D eigenvalue weighted by atomic mass is 10.1. The maximum Gasteiger partial charge on any atom is 0.409 e. The van der Waals surface area contributed by atoms with E-state index in [9.17, 15) is 4.79 Å². The molecule has 0 radical (unpaired) electrons. The summed E-state index contributed by atoms with van der Waals surface area (Å²) in [6.45, 7) is 7.59. The van der Waals surface area contributed by atoms with Gasteiger partial charge in [0.15, 0.2) is 5.96 Å². The number of halogens is 1. The average molecular weight is 451 g/mol. The number of nitrogens with one attached hydrogen (secondary N) is 1. The van der Waals surface area contributed by atoms with Crippen LogP contribution in [0.25, 0.3) is 0 Å². The third-order valence-corrected chi connectivity index (χ3v) is 3.83. The van der Waals surface area contributed by atoms with E-state index in [0.29, 0.717) is 38.1 Å². The summed E-state index contributed by atoms with van der Waals surface area (Å²) in [6.07, 6.45) is 1.38. The minimum Gasteiger partial charge on any atom is -0.450 e. The zero-order chi connectivity index (χ0) is 16.8. The van der Waals surface area contributed by atoms with Gasteiger partial charge in [0.25, 0.3) is 0 Å². The number of hydrogen-bond acceptors (Lipinski definition) is 5. The number of guanidine groups is 1. The highest BCUT2D eigenvalue weighted by Gasteiger charge is 2.23. The first-order chi connectivity index (χ1) is 11.0. The summed E-state index contributed by atoms with van der Waals surface area (Å²) in [5.41, 5.74) is 6.77. The largest absolute Gasteiger partial charge is 0.450 e. The lowest BCUT2D eigenvalue weighted by Crippen LogP contribution is -2.48. The Morgan fingerprint density at radius 2 is 2.12 bits per heavy atom. The van der Waals surface area contributed by atoms with E-state index in [-0.39, 0.29) is 36.1 Å². The van der Waals surface area contributed by atoms with Gasteiger partial charge in [-0.2, -0.15) is 0 Å². The summed E-state index contributed by atoms with van der Waals surface area (Å²) >= 11 is 0. The van der Waals surface area contributed by atoms with Crippen molar-refractivity contribution in [3.8, 4) is 0 Å². The number of carbonyl (C=O) groups excluding carboxylic acids is 1. The van der Waals surface area contributed by atoms with Crippen LogP contribution in [0.3, 0.4) is 0 Å². The summed E-state index contributed by atoms with van der Waals surface area (Å²) in [6, 6.07) is 0.206. The van der Waals surface area contributed by atoms with Crippen LogP contribution in [0.1, 0.15) is 37.1 Å². The zero-order valence-electron chi connectivity index (χ0n) is 14.4. The van der Waals surface area contributed by atoms with Crippen molar-refractivity contribution >= 4 is 36.0 Å². The number of piperidine rings is 1. The van der Waals surface area contributed by atoms with Crippen molar-refractivity contribution in [3.05, 3.63) is 17.3 Å². The van der Waals surface area contributed by atoms with Crippen molar-refractivity contribution < 1.29 is 13.9 Å². The van der Waals surface area contributed by atoms with Crippen LogP contribution in [0.5, 0.6) is 0 Å². The second-order valence-corrected chi connectivity index (χ2v) is 5.56. The van der Waals surface area contributed by atoms with Crippen molar-refractivity contribution in [1.82, 2.24) is 15.2 Å². The first-order valence-corrected chi connectivity index (χ1v) is 7.90. The number of hydrogen-bond donors (Lipinski definition) is 2. The van der Waals surface area contributed by atoms with E-state index < -0.39 is 0 Å². The Kier molecular flexibility index (Phi) is 8.29. The van der Waals surface area contributed by atoms with Crippen LogP contribution >= 0.6 is 24.0 Å². The molecule has 8 nitrogen and oxygen atoms in total. The Morgan fingerprint density at radius 1 is 1.46 bits per heavy atom. The molecule has 1 saturated heterocycles. The molecule has 0 spiro atoms. The van der Waals surface area contributed by atoms with Crippen molar-refractivity contribution in [2.45, 2.75) is 46.2 Å². The normalized spacial score (nSPS) is 15.8. The summed E-state index contributed by atoms with van der Waals surface area (Å²) in [4.78, 5) is 21.9. The number of carbonyl (C=O) groups is 1. The summed E-state index contributed by atoms with van der Waals surface area (Å²) < 4.78 is 10.5. The Balaban J connectivity index is 0.00000288. The number of aliphatic imine (C=N–C) groups is 1. The van der Waals surface area contributed by atoms with Crippen LogP contribution in [0.4, 0.5) is 4.79 Å². The van der Waals surface area contributed by atoms with Gasteiger partial charge in [-0.1, -0.05) is 0 Å². The van der Waals surface area contributed by atoms with Gasteiger partial charge in [-0.3, -0.25) is 0 Å². The number of aromatic nitrogens is 1. The second-order valence-electron chi connectivity index (χ2n) is 5.56. The number of ether oxygens (including phenoxy) is 1. The van der Waals surface area contributed by atoms with Crippen LogP contribution < -0.4 is 11.1 Å². The zero-order valence-corrected chi connectivity index (χ0v) is 16.7.